The second kappa shape index (κ2) is 5.27. The van der Waals surface area contributed by atoms with Gasteiger partial charge in [-0.15, -0.1) is 0 Å². The van der Waals surface area contributed by atoms with Crippen LogP contribution in [0.1, 0.15) is 32.6 Å². The Balaban J connectivity index is 4.34. The Morgan fingerprint density at radius 3 is 1.88 bits per heavy atom. The molecule has 0 spiro atoms. The van der Waals surface area contributed by atoms with Crippen LogP contribution >= 0.6 is 0 Å². The second-order valence-electron chi connectivity index (χ2n) is 4.06. The predicted molar refractivity (Wildman–Crippen MR) is 47.2 cm³/mol. The normalized spacial score (nSPS) is 17.2. The molecular formula is C9H15F5O2. The van der Waals surface area contributed by atoms with Crippen molar-refractivity contribution in [1.82, 2.24) is 0 Å². The molecule has 0 aromatic carbocycles. The van der Waals surface area contributed by atoms with Crippen LogP contribution in [0.4, 0.5) is 22.0 Å². The standard InChI is InChI=1S/C9H15F5O2/c1-7(16,4-2-3-5-15)6-8(10,11)9(12,13)14/h15-16H,2-6H2,1H3. The van der Waals surface area contributed by atoms with Gasteiger partial charge in [-0.2, -0.15) is 22.0 Å². The molecule has 7 heteroatoms. The molecule has 98 valence electrons. The third-order valence-electron chi connectivity index (χ3n) is 2.14. The van der Waals surface area contributed by atoms with Crippen molar-refractivity contribution >= 4 is 0 Å². The Kier molecular flexibility index (Phi) is 5.13. The van der Waals surface area contributed by atoms with E-state index in [1.807, 2.05) is 0 Å². The first kappa shape index (κ1) is 15.6. The van der Waals surface area contributed by atoms with Crippen LogP contribution < -0.4 is 0 Å². The molecule has 0 saturated carbocycles. The molecule has 0 aromatic heterocycles. The summed E-state index contributed by atoms with van der Waals surface area (Å²) in [5, 5.41) is 17.8. The fourth-order valence-corrected chi connectivity index (χ4v) is 1.28. The zero-order valence-electron chi connectivity index (χ0n) is 8.82. The molecule has 0 heterocycles. The maximum absolute atomic E-state index is 12.6. The number of rotatable bonds is 6. The highest BCUT2D eigenvalue weighted by Gasteiger charge is 2.59. The summed E-state index contributed by atoms with van der Waals surface area (Å²) in [4.78, 5) is 0. The molecule has 0 radical (unpaired) electrons. The fourth-order valence-electron chi connectivity index (χ4n) is 1.28. The van der Waals surface area contributed by atoms with Gasteiger partial charge in [-0.05, 0) is 26.2 Å². The Morgan fingerprint density at radius 1 is 1.00 bits per heavy atom. The molecule has 1 atom stereocenters. The fraction of sp³-hybridized carbons (Fsp3) is 1.00. The number of aliphatic hydroxyl groups excluding tert-OH is 1. The van der Waals surface area contributed by atoms with E-state index in [-0.39, 0.29) is 25.9 Å². The van der Waals surface area contributed by atoms with Crippen molar-refractivity contribution in [3.63, 3.8) is 0 Å². The molecule has 0 aliphatic carbocycles. The van der Waals surface area contributed by atoms with Crippen molar-refractivity contribution in [3.8, 4) is 0 Å². The zero-order chi connectivity index (χ0) is 13.0. The third-order valence-corrected chi connectivity index (χ3v) is 2.14. The minimum atomic E-state index is -5.64. The SMILES string of the molecule is CC(O)(CCCCO)CC(F)(F)C(F)(F)F. The van der Waals surface area contributed by atoms with E-state index in [0.29, 0.717) is 0 Å². The van der Waals surface area contributed by atoms with E-state index in [2.05, 4.69) is 0 Å². The quantitative estimate of drug-likeness (QED) is 0.561. The summed E-state index contributed by atoms with van der Waals surface area (Å²) in [5.41, 5.74) is -2.09. The van der Waals surface area contributed by atoms with Gasteiger partial charge in [0.05, 0.1) is 5.60 Å². The topological polar surface area (TPSA) is 40.5 Å². The lowest BCUT2D eigenvalue weighted by Crippen LogP contribution is -2.43. The largest absolute Gasteiger partial charge is 0.453 e. The average Bonchev–Trinajstić information content (AvgIpc) is 1.99. The highest BCUT2D eigenvalue weighted by atomic mass is 19.4. The summed E-state index contributed by atoms with van der Waals surface area (Å²) >= 11 is 0. The summed E-state index contributed by atoms with van der Waals surface area (Å²) in [6.45, 7) is 0.746. The van der Waals surface area contributed by atoms with E-state index in [4.69, 9.17) is 5.11 Å². The number of hydrogen-bond donors (Lipinski definition) is 2. The molecule has 2 N–H and O–H groups in total. The predicted octanol–water partition coefficient (Wildman–Crippen LogP) is 2.49. The van der Waals surface area contributed by atoms with Crippen LogP contribution in [0.3, 0.4) is 0 Å². The van der Waals surface area contributed by atoms with Crippen LogP contribution in [0.2, 0.25) is 0 Å². The van der Waals surface area contributed by atoms with E-state index in [0.717, 1.165) is 6.92 Å². The molecule has 1 unspecified atom stereocenters. The molecule has 16 heavy (non-hydrogen) atoms. The van der Waals surface area contributed by atoms with E-state index < -0.39 is 24.1 Å². The van der Waals surface area contributed by atoms with Crippen LogP contribution in [-0.4, -0.2) is 34.5 Å². The summed E-state index contributed by atoms with van der Waals surface area (Å²) in [5.74, 6) is -4.89. The highest BCUT2D eigenvalue weighted by molar-refractivity contribution is 4.86. The van der Waals surface area contributed by atoms with Crippen molar-refractivity contribution in [1.29, 1.82) is 0 Å². The summed E-state index contributed by atoms with van der Waals surface area (Å²) < 4.78 is 60.8. The second-order valence-corrected chi connectivity index (χ2v) is 4.06. The molecule has 0 aromatic rings. The van der Waals surface area contributed by atoms with Gasteiger partial charge in [-0.1, -0.05) is 0 Å². The Hall–Kier alpha value is -0.430. The molecule has 0 fully saturated rings. The van der Waals surface area contributed by atoms with E-state index in [1.165, 1.54) is 0 Å². The molecule has 0 aliphatic heterocycles. The molecule has 0 saturated heterocycles. The Morgan fingerprint density at radius 2 is 1.50 bits per heavy atom. The number of hydrogen-bond acceptors (Lipinski definition) is 2. The third kappa shape index (κ3) is 5.07. The van der Waals surface area contributed by atoms with Gasteiger partial charge >= 0.3 is 12.1 Å². The maximum atomic E-state index is 12.6. The Labute approximate surface area is 90.1 Å². The summed E-state index contributed by atoms with van der Waals surface area (Å²) in [6.07, 6.45) is -7.06. The van der Waals surface area contributed by atoms with Gasteiger partial charge in [-0.3, -0.25) is 0 Å². The van der Waals surface area contributed by atoms with Gasteiger partial charge < -0.3 is 10.2 Å². The summed E-state index contributed by atoms with van der Waals surface area (Å²) in [7, 11) is 0. The van der Waals surface area contributed by atoms with Crippen molar-refractivity contribution < 1.29 is 32.2 Å². The lowest BCUT2D eigenvalue weighted by molar-refractivity contribution is -0.296. The number of unbranched alkanes of at least 4 members (excludes halogenated alkanes) is 1. The lowest BCUT2D eigenvalue weighted by atomic mass is 9.91. The minimum absolute atomic E-state index is 0.189. The lowest BCUT2D eigenvalue weighted by Gasteiger charge is -2.29. The molecule has 0 amide bonds. The van der Waals surface area contributed by atoms with Crippen molar-refractivity contribution in [2.75, 3.05) is 6.61 Å². The van der Waals surface area contributed by atoms with Crippen LogP contribution in [0, 0.1) is 0 Å². The maximum Gasteiger partial charge on any atom is 0.453 e. The van der Waals surface area contributed by atoms with E-state index in [1.54, 1.807) is 0 Å². The highest BCUT2D eigenvalue weighted by Crippen LogP contribution is 2.41. The Bertz CT molecular complexity index is 212. The van der Waals surface area contributed by atoms with Gasteiger partial charge in [0.1, 0.15) is 0 Å². The van der Waals surface area contributed by atoms with Crippen LogP contribution in [-0.2, 0) is 0 Å². The van der Waals surface area contributed by atoms with Gasteiger partial charge in [0, 0.05) is 13.0 Å². The van der Waals surface area contributed by atoms with Gasteiger partial charge in [0.25, 0.3) is 0 Å². The first-order valence-corrected chi connectivity index (χ1v) is 4.80. The van der Waals surface area contributed by atoms with Crippen LogP contribution in [0.15, 0.2) is 0 Å². The first-order valence-electron chi connectivity index (χ1n) is 4.80. The number of halogens is 5. The van der Waals surface area contributed by atoms with Gasteiger partial charge in [0.2, 0.25) is 0 Å². The van der Waals surface area contributed by atoms with Crippen LogP contribution in [0.25, 0.3) is 0 Å². The van der Waals surface area contributed by atoms with Crippen LogP contribution in [0.5, 0.6) is 0 Å². The number of aliphatic hydroxyl groups is 2. The van der Waals surface area contributed by atoms with Crippen molar-refractivity contribution in [2.45, 2.75) is 50.3 Å². The molecule has 2 nitrogen and oxygen atoms in total. The van der Waals surface area contributed by atoms with Gasteiger partial charge in [-0.25, -0.2) is 0 Å². The molecule has 0 bridgehead atoms. The summed E-state index contributed by atoms with van der Waals surface area (Å²) in [6, 6.07) is 0. The van der Waals surface area contributed by atoms with Crippen molar-refractivity contribution in [2.24, 2.45) is 0 Å². The van der Waals surface area contributed by atoms with E-state index >= 15 is 0 Å². The first-order chi connectivity index (χ1) is 7.02. The zero-order valence-corrected chi connectivity index (χ0v) is 8.82. The van der Waals surface area contributed by atoms with E-state index in [9.17, 15) is 27.1 Å². The molecule has 0 aliphatic rings. The van der Waals surface area contributed by atoms with Gasteiger partial charge in [0.15, 0.2) is 0 Å². The monoisotopic (exact) mass is 250 g/mol. The molecular weight excluding hydrogens is 235 g/mol. The smallest absolute Gasteiger partial charge is 0.396 e. The number of alkyl halides is 5. The van der Waals surface area contributed by atoms with Crippen molar-refractivity contribution in [3.05, 3.63) is 0 Å². The molecule has 0 rings (SSSR count). The minimum Gasteiger partial charge on any atom is -0.396 e. The average molecular weight is 250 g/mol.